The lowest BCUT2D eigenvalue weighted by atomic mass is 9.91. The molecule has 1 atom stereocenters. The molecule has 0 saturated carbocycles. The highest BCUT2D eigenvalue weighted by Crippen LogP contribution is 2.30. The average Bonchev–Trinajstić information content (AvgIpc) is 3.14. The van der Waals surface area contributed by atoms with Gasteiger partial charge in [-0.25, -0.2) is 4.68 Å². The third-order valence-corrected chi connectivity index (χ3v) is 6.66. The van der Waals surface area contributed by atoms with Crippen molar-refractivity contribution in [2.45, 2.75) is 136 Å². The van der Waals surface area contributed by atoms with Gasteiger partial charge in [0.15, 0.2) is 5.78 Å². The zero-order valence-corrected chi connectivity index (χ0v) is 20.5. The molecule has 2 rings (SSSR count). The molecule has 0 aliphatic heterocycles. The fourth-order valence-electron chi connectivity index (χ4n) is 4.76. The van der Waals surface area contributed by atoms with E-state index >= 15 is 0 Å². The van der Waals surface area contributed by atoms with Crippen molar-refractivity contribution in [2.75, 3.05) is 6.61 Å². The van der Waals surface area contributed by atoms with E-state index in [4.69, 9.17) is 4.74 Å². The second kappa shape index (κ2) is 15.6. The number of carbonyl (C=O) groups is 1. The van der Waals surface area contributed by atoms with Gasteiger partial charge in [0.2, 0.25) is 0 Å². The van der Waals surface area contributed by atoms with Gasteiger partial charge in [0.1, 0.15) is 12.7 Å². The minimum atomic E-state index is -0.0402. The van der Waals surface area contributed by atoms with Gasteiger partial charge in [-0.1, -0.05) is 90.2 Å². The second-order valence-electron chi connectivity index (χ2n) is 9.41. The number of aryl methyl sites for hydroxylation is 2. The Labute approximate surface area is 190 Å². The summed E-state index contributed by atoms with van der Waals surface area (Å²) in [5.74, 6) is 0.478. The molecule has 178 valence electrons. The number of rotatable bonds is 16. The van der Waals surface area contributed by atoms with Crippen molar-refractivity contribution >= 4 is 5.78 Å². The van der Waals surface area contributed by atoms with Crippen molar-refractivity contribution in [3.05, 3.63) is 11.4 Å². The molecule has 0 spiro atoms. The summed E-state index contributed by atoms with van der Waals surface area (Å²) in [5, 5.41) is 8.85. The van der Waals surface area contributed by atoms with Crippen molar-refractivity contribution in [3.8, 4) is 0 Å². The Hall–Kier alpha value is -1.23. The standard InChI is InChI=1S/C26H47N3O2/c1-4-7-9-12-16-22(17-13-10-8-5-2)24(30)21-31-25-19-15-11-14-18-23-26(25)29(20-6-3)28-27-23/h22,25H,4-21H2,1-3H3. The molecule has 0 saturated heterocycles. The molecule has 0 radical (unpaired) electrons. The van der Waals surface area contributed by atoms with Crippen LogP contribution in [0.2, 0.25) is 0 Å². The van der Waals surface area contributed by atoms with Crippen LogP contribution in [-0.4, -0.2) is 27.4 Å². The van der Waals surface area contributed by atoms with Gasteiger partial charge in [-0.05, 0) is 38.5 Å². The molecule has 1 unspecified atom stereocenters. The van der Waals surface area contributed by atoms with Crippen molar-refractivity contribution in [1.29, 1.82) is 0 Å². The highest BCUT2D eigenvalue weighted by Gasteiger charge is 2.26. The van der Waals surface area contributed by atoms with Gasteiger partial charge in [-0.2, -0.15) is 0 Å². The Balaban J connectivity index is 1.98. The first-order valence-electron chi connectivity index (χ1n) is 13.3. The van der Waals surface area contributed by atoms with Crippen LogP contribution in [0.3, 0.4) is 0 Å². The zero-order valence-electron chi connectivity index (χ0n) is 20.5. The normalized spacial score (nSPS) is 16.8. The number of Topliss-reactive ketones (excluding diaryl/α,β-unsaturated/α-hetero) is 1. The van der Waals surface area contributed by atoms with Crippen molar-refractivity contribution in [3.63, 3.8) is 0 Å². The van der Waals surface area contributed by atoms with Gasteiger partial charge in [0, 0.05) is 12.5 Å². The third kappa shape index (κ3) is 9.03. The predicted octanol–water partition coefficient (Wildman–Crippen LogP) is 6.99. The van der Waals surface area contributed by atoms with Gasteiger partial charge in [-0.3, -0.25) is 4.79 Å². The van der Waals surface area contributed by atoms with Crippen LogP contribution >= 0.6 is 0 Å². The highest BCUT2D eigenvalue weighted by atomic mass is 16.5. The van der Waals surface area contributed by atoms with Crippen molar-refractivity contribution in [1.82, 2.24) is 15.0 Å². The molecule has 1 heterocycles. The Kier molecular flexibility index (Phi) is 13.1. The summed E-state index contributed by atoms with van der Waals surface area (Å²) in [6.45, 7) is 7.75. The number of ketones is 1. The van der Waals surface area contributed by atoms with E-state index in [1.807, 2.05) is 4.68 Å². The van der Waals surface area contributed by atoms with Gasteiger partial charge >= 0.3 is 0 Å². The smallest absolute Gasteiger partial charge is 0.161 e. The molecule has 5 nitrogen and oxygen atoms in total. The largest absolute Gasteiger partial charge is 0.364 e. The number of aromatic nitrogens is 3. The van der Waals surface area contributed by atoms with E-state index in [1.165, 1.54) is 64.2 Å². The number of nitrogens with zero attached hydrogens (tertiary/aromatic N) is 3. The van der Waals surface area contributed by atoms with Gasteiger partial charge in [-0.15, -0.1) is 5.10 Å². The number of fused-ring (bicyclic) bond motifs is 1. The molecule has 1 aromatic rings. The summed E-state index contributed by atoms with van der Waals surface area (Å²) in [5.41, 5.74) is 2.22. The molecule has 1 aromatic heterocycles. The second-order valence-corrected chi connectivity index (χ2v) is 9.41. The Bertz CT molecular complexity index is 588. The molecular formula is C26H47N3O2. The number of carbonyl (C=O) groups excluding carboxylic acids is 1. The minimum Gasteiger partial charge on any atom is -0.364 e. The molecule has 0 aromatic carbocycles. The van der Waals surface area contributed by atoms with Crippen LogP contribution in [0.5, 0.6) is 0 Å². The van der Waals surface area contributed by atoms with Crippen LogP contribution in [0, 0.1) is 5.92 Å². The van der Waals surface area contributed by atoms with Gasteiger partial charge in [0.05, 0.1) is 11.4 Å². The Morgan fingerprint density at radius 3 is 2.32 bits per heavy atom. The molecule has 0 bridgehead atoms. The van der Waals surface area contributed by atoms with Crippen LogP contribution in [-0.2, 0) is 22.5 Å². The SMILES string of the molecule is CCCCCCC(CCCCCC)C(=O)COC1CCCCCc2nnn(CCC)c21. The first kappa shape index (κ1) is 26.0. The van der Waals surface area contributed by atoms with E-state index < -0.39 is 0 Å². The van der Waals surface area contributed by atoms with E-state index in [1.54, 1.807) is 0 Å². The van der Waals surface area contributed by atoms with Crippen LogP contribution in [0.4, 0.5) is 0 Å². The lowest BCUT2D eigenvalue weighted by Gasteiger charge is -2.23. The van der Waals surface area contributed by atoms with Crippen LogP contribution in [0.1, 0.15) is 135 Å². The predicted molar refractivity (Wildman–Crippen MR) is 127 cm³/mol. The first-order chi connectivity index (χ1) is 15.2. The molecule has 5 heteroatoms. The van der Waals surface area contributed by atoms with E-state index in [9.17, 15) is 4.79 Å². The summed E-state index contributed by atoms with van der Waals surface area (Å²) >= 11 is 0. The summed E-state index contributed by atoms with van der Waals surface area (Å²) < 4.78 is 8.37. The maximum atomic E-state index is 13.2. The molecule has 0 N–H and O–H groups in total. The third-order valence-electron chi connectivity index (χ3n) is 6.66. The molecule has 0 fully saturated rings. The lowest BCUT2D eigenvalue weighted by molar-refractivity contribution is -0.130. The Morgan fingerprint density at radius 2 is 1.68 bits per heavy atom. The van der Waals surface area contributed by atoms with Crippen LogP contribution < -0.4 is 0 Å². The summed E-state index contributed by atoms with van der Waals surface area (Å²) in [6.07, 6.45) is 18.3. The zero-order chi connectivity index (χ0) is 22.3. The van der Waals surface area contributed by atoms with Crippen molar-refractivity contribution in [2.24, 2.45) is 5.92 Å². The maximum absolute atomic E-state index is 13.2. The molecule has 0 amide bonds. The van der Waals surface area contributed by atoms with Gasteiger partial charge < -0.3 is 4.74 Å². The summed E-state index contributed by atoms with van der Waals surface area (Å²) in [6, 6.07) is 0. The van der Waals surface area contributed by atoms with Crippen LogP contribution in [0.15, 0.2) is 0 Å². The van der Waals surface area contributed by atoms with E-state index in [-0.39, 0.29) is 18.6 Å². The number of ether oxygens (including phenoxy) is 1. The molecular weight excluding hydrogens is 386 g/mol. The summed E-state index contributed by atoms with van der Waals surface area (Å²) in [4.78, 5) is 13.2. The fraction of sp³-hybridized carbons (Fsp3) is 0.885. The summed E-state index contributed by atoms with van der Waals surface area (Å²) in [7, 11) is 0. The minimum absolute atomic E-state index is 0.0402. The molecule has 1 aliphatic rings. The number of hydrogen-bond donors (Lipinski definition) is 0. The quantitative estimate of drug-likeness (QED) is 0.264. The maximum Gasteiger partial charge on any atom is 0.161 e. The number of hydrogen-bond acceptors (Lipinski definition) is 4. The van der Waals surface area contributed by atoms with E-state index in [0.717, 1.165) is 56.5 Å². The van der Waals surface area contributed by atoms with Crippen LogP contribution in [0.25, 0.3) is 0 Å². The first-order valence-corrected chi connectivity index (χ1v) is 13.3. The molecule has 31 heavy (non-hydrogen) atoms. The van der Waals surface area contributed by atoms with E-state index in [0.29, 0.717) is 5.78 Å². The Morgan fingerprint density at radius 1 is 0.968 bits per heavy atom. The fourth-order valence-corrected chi connectivity index (χ4v) is 4.76. The lowest BCUT2D eigenvalue weighted by Crippen LogP contribution is -2.23. The topological polar surface area (TPSA) is 57.0 Å². The monoisotopic (exact) mass is 433 g/mol. The van der Waals surface area contributed by atoms with E-state index in [2.05, 4.69) is 31.1 Å². The van der Waals surface area contributed by atoms with Crippen molar-refractivity contribution < 1.29 is 9.53 Å². The number of unbranched alkanes of at least 4 members (excludes halogenated alkanes) is 6. The highest BCUT2D eigenvalue weighted by molar-refractivity contribution is 5.82. The van der Waals surface area contributed by atoms with Gasteiger partial charge in [0.25, 0.3) is 0 Å². The average molecular weight is 434 g/mol. The molecule has 1 aliphatic carbocycles.